The first-order valence-electron chi connectivity index (χ1n) is 4.93. The van der Waals surface area contributed by atoms with Crippen molar-refractivity contribution in [3.63, 3.8) is 0 Å². The highest BCUT2D eigenvalue weighted by Crippen LogP contribution is 2.41. The van der Waals surface area contributed by atoms with Gasteiger partial charge in [-0.05, 0) is 31.0 Å². The van der Waals surface area contributed by atoms with Gasteiger partial charge in [0.2, 0.25) is 12.5 Å². The minimum absolute atomic E-state index is 0.120. The second-order valence-electron chi connectivity index (χ2n) is 3.71. The number of hydrogen-bond donors (Lipinski definition) is 1. The number of benzene rings is 1. The molecule has 1 heterocycles. The SMILES string of the molecule is COc1cc(C[C@H](C)N)cc2c1OCO2. The summed E-state index contributed by atoms with van der Waals surface area (Å²) in [6.45, 7) is 2.23. The summed E-state index contributed by atoms with van der Waals surface area (Å²) in [5.74, 6) is 2.14. The van der Waals surface area contributed by atoms with Gasteiger partial charge < -0.3 is 19.9 Å². The summed E-state index contributed by atoms with van der Waals surface area (Å²) >= 11 is 0. The van der Waals surface area contributed by atoms with Crippen molar-refractivity contribution in [3.8, 4) is 17.2 Å². The fraction of sp³-hybridized carbons (Fsp3) is 0.455. The summed E-state index contributed by atoms with van der Waals surface area (Å²) in [4.78, 5) is 0. The van der Waals surface area contributed by atoms with E-state index in [-0.39, 0.29) is 12.8 Å². The van der Waals surface area contributed by atoms with Gasteiger partial charge in [0.25, 0.3) is 0 Å². The molecule has 0 amide bonds. The molecule has 1 aromatic carbocycles. The Kier molecular flexibility index (Phi) is 2.68. The lowest BCUT2D eigenvalue weighted by Crippen LogP contribution is -2.17. The van der Waals surface area contributed by atoms with Gasteiger partial charge in [-0.25, -0.2) is 0 Å². The second-order valence-corrected chi connectivity index (χ2v) is 3.71. The molecule has 0 saturated carbocycles. The van der Waals surface area contributed by atoms with Crippen LogP contribution in [-0.4, -0.2) is 19.9 Å². The lowest BCUT2D eigenvalue weighted by Gasteiger charge is -2.09. The van der Waals surface area contributed by atoms with E-state index < -0.39 is 0 Å². The third-order valence-corrected chi connectivity index (χ3v) is 2.28. The zero-order valence-corrected chi connectivity index (χ0v) is 8.95. The van der Waals surface area contributed by atoms with E-state index in [0.29, 0.717) is 11.5 Å². The molecule has 2 N–H and O–H groups in total. The summed E-state index contributed by atoms with van der Waals surface area (Å²) < 4.78 is 15.9. The van der Waals surface area contributed by atoms with Crippen molar-refractivity contribution in [2.75, 3.05) is 13.9 Å². The Balaban J connectivity index is 2.34. The molecule has 1 aliphatic rings. The molecule has 0 aliphatic carbocycles. The Morgan fingerprint density at radius 3 is 2.93 bits per heavy atom. The minimum Gasteiger partial charge on any atom is -0.493 e. The predicted molar refractivity (Wildman–Crippen MR) is 56.5 cm³/mol. The van der Waals surface area contributed by atoms with Crippen molar-refractivity contribution >= 4 is 0 Å². The predicted octanol–water partition coefficient (Wildman–Crippen LogP) is 1.31. The van der Waals surface area contributed by atoms with Gasteiger partial charge in [0.1, 0.15) is 0 Å². The van der Waals surface area contributed by atoms with Gasteiger partial charge in [-0.3, -0.25) is 0 Å². The number of rotatable bonds is 3. The molecule has 82 valence electrons. The molecule has 4 heteroatoms. The second kappa shape index (κ2) is 3.98. The van der Waals surface area contributed by atoms with Gasteiger partial charge in [-0.15, -0.1) is 0 Å². The average molecular weight is 209 g/mol. The van der Waals surface area contributed by atoms with Crippen LogP contribution in [0, 0.1) is 0 Å². The van der Waals surface area contributed by atoms with Crippen LogP contribution in [0.15, 0.2) is 12.1 Å². The standard InChI is InChI=1S/C11H15NO3/c1-7(12)3-8-4-9(13-2)11-10(5-8)14-6-15-11/h4-5,7H,3,6,12H2,1-2H3/t7-/m0/s1. The van der Waals surface area contributed by atoms with E-state index in [1.54, 1.807) is 7.11 Å². The van der Waals surface area contributed by atoms with Crippen LogP contribution in [0.3, 0.4) is 0 Å². The van der Waals surface area contributed by atoms with Gasteiger partial charge in [0, 0.05) is 6.04 Å². The van der Waals surface area contributed by atoms with Crippen LogP contribution in [0.1, 0.15) is 12.5 Å². The molecule has 0 fully saturated rings. The molecule has 0 saturated heterocycles. The first kappa shape index (κ1) is 10.1. The van der Waals surface area contributed by atoms with E-state index in [4.69, 9.17) is 19.9 Å². The van der Waals surface area contributed by atoms with Crippen molar-refractivity contribution in [2.45, 2.75) is 19.4 Å². The van der Waals surface area contributed by atoms with E-state index in [1.807, 2.05) is 19.1 Å². The molecule has 0 unspecified atom stereocenters. The molecule has 0 spiro atoms. The molecule has 15 heavy (non-hydrogen) atoms. The lowest BCUT2D eigenvalue weighted by molar-refractivity contribution is 0.171. The first-order chi connectivity index (χ1) is 7.20. The Morgan fingerprint density at radius 2 is 2.27 bits per heavy atom. The zero-order valence-electron chi connectivity index (χ0n) is 8.95. The molecule has 0 radical (unpaired) electrons. The summed E-state index contributed by atoms with van der Waals surface area (Å²) in [5, 5.41) is 0. The Hall–Kier alpha value is -1.42. The third kappa shape index (κ3) is 1.99. The number of nitrogens with two attached hydrogens (primary N) is 1. The van der Waals surface area contributed by atoms with Gasteiger partial charge in [0.05, 0.1) is 7.11 Å². The molecular formula is C11H15NO3. The first-order valence-corrected chi connectivity index (χ1v) is 4.93. The smallest absolute Gasteiger partial charge is 0.231 e. The van der Waals surface area contributed by atoms with Crippen LogP contribution in [0.2, 0.25) is 0 Å². The largest absolute Gasteiger partial charge is 0.493 e. The minimum atomic E-state index is 0.120. The normalized spacial score (nSPS) is 15.1. The third-order valence-electron chi connectivity index (χ3n) is 2.28. The Bertz CT molecular complexity index is 363. The van der Waals surface area contributed by atoms with Crippen LogP contribution in [0.4, 0.5) is 0 Å². The fourth-order valence-electron chi connectivity index (χ4n) is 1.67. The maximum absolute atomic E-state index is 5.75. The molecule has 1 aliphatic heterocycles. The molecular weight excluding hydrogens is 194 g/mol. The van der Waals surface area contributed by atoms with Crippen molar-refractivity contribution in [1.29, 1.82) is 0 Å². The van der Waals surface area contributed by atoms with Gasteiger partial charge in [-0.2, -0.15) is 0 Å². The summed E-state index contributed by atoms with van der Waals surface area (Å²) in [7, 11) is 1.62. The van der Waals surface area contributed by atoms with Crippen molar-refractivity contribution in [2.24, 2.45) is 5.73 Å². The van der Waals surface area contributed by atoms with Crippen LogP contribution < -0.4 is 19.9 Å². The Labute approximate surface area is 88.9 Å². The molecule has 0 bridgehead atoms. The van der Waals surface area contributed by atoms with Crippen molar-refractivity contribution in [3.05, 3.63) is 17.7 Å². The van der Waals surface area contributed by atoms with Crippen LogP contribution in [0.25, 0.3) is 0 Å². The maximum atomic E-state index is 5.75. The number of fused-ring (bicyclic) bond motifs is 1. The maximum Gasteiger partial charge on any atom is 0.231 e. The van der Waals surface area contributed by atoms with E-state index in [1.165, 1.54) is 0 Å². The fourth-order valence-corrected chi connectivity index (χ4v) is 1.67. The van der Waals surface area contributed by atoms with Crippen molar-refractivity contribution < 1.29 is 14.2 Å². The molecule has 4 nitrogen and oxygen atoms in total. The topological polar surface area (TPSA) is 53.7 Å². The summed E-state index contributed by atoms with van der Waals surface area (Å²) in [6.07, 6.45) is 0.799. The van der Waals surface area contributed by atoms with Gasteiger partial charge in [-0.1, -0.05) is 0 Å². The zero-order chi connectivity index (χ0) is 10.8. The summed E-state index contributed by atoms with van der Waals surface area (Å²) in [6, 6.07) is 4.01. The molecule has 1 aromatic rings. The highest BCUT2D eigenvalue weighted by atomic mass is 16.7. The number of methoxy groups -OCH3 is 1. The highest BCUT2D eigenvalue weighted by Gasteiger charge is 2.20. The highest BCUT2D eigenvalue weighted by molar-refractivity contribution is 5.55. The molecule has 0 aromatic heterocycles. The van der Waals surface area contributed by atoms with E-state index >= 15 is 0 Å². The van der Waals surface area contributed by atoms with Crippen LogP contribution in [-0.2, 0) is 6.42 Å². The number of hydrogen-bond acceptors (Lipinski definition) is 4. The van der Waals surface area contributed by atoms with Crippen LogP contribution >= 0.6 is 0 Å². The molecule has 2 rings (SSSR count). The quantitative estimate of drug-likeness (QED) is 0.815. The monoisotopic (exact) mass is 209 g/mol. The average Bonchev–Trinajstić information content (AvgIpc) is 2.63. The van der Waals surface area contributed by atoms with E-state index in [2.05, 4.69) is 0 Å². The molecule has 1 atom stereocenters. The number of ether oxygens (including phenoxy) is 3. The van der Waals surface area contributed by atoms with Gasteiger partial charge in [0.15, 0.2) is 11.5 Å². The Morgan fingerprint density at radius 1 is 1.47 bits per heavy atom. The van der Waals surface area contributed by atoms with E-state index in [0.717, 1.165) is 17.7 Å². The van der Waals surface area contributed by atoms with Crippen LogP contribution in [0.5, 0.6) is 17.2 Å². The van der Waals surface area contributed by atoms with E-state index in [9.17, 15) is 0 Å². The van der Waals surface area contributed by atoms with Crippen molar-refractivity contribution in [1.82, 2.24) is 0 Å². The summed E-state index contributed by atoms with van der Waals surface area (Å²) in [5.41, 5.74) is 6.85. The lowest BCUT2D eigenvalue weighted by atomic mass is 10.1. The van der Waals surface area contributed by atoms with Gasteiger partial charge >= 0.3 is 0 Å².